The third-order valence-corrected chi connectivity index (χ3v) is 3.49. The Hall–Kier alpha value is -2.06. The van der Waals surface area contributed by atoms with E-state index in [0.717, 1.165) is 22.1 Å². The van der Waals surface area contributed by atoms with Crippen LogP contribution in [-0.2, 0) is 0 Å². The lowest BCUT2D eigenvalue weighted by Gasteiger charge is -2.01. The Morgan fingerprint density at radius 3 is 2.60 bits per heavy atom. The molecular weight excluding hydrogens is 272 g/mol. The molecule has 0 amide bonds. The minimum absolute atomic E-state index is 0.147. The maximum absolute atomic E-state index is 12.5. The summed E-state index contributed by atoms with van der Waals surface area (Å²) >= 11 is 6.00. The lowest BCUT2D eigenvalue weighted by molar-refractivity contribution is 0.101. The number of rotatable bonds is 2. The van der Waals surface area contributed by atoms with Crippen LogP contribution in [0.15, 0.2) is 46.9 Å². The highest BCUT2D eigenvalue weighted by Gasteiger charge is 2.16. The molecule has 3 aromatic rings. The van der Waals surface area contributed by atoms with Crippen molar-refractivity contribution in [2.45, 2.75) is 13.8 Å². The molecule has 0 atom stereocenters. The zero-order valence-electron chi connectivity index (χ0n) is 11.2. The summed E-state index contributed by atoms with van der Waals surface area (Å²) in [6.45, 7) is 3.87. The third kappa shape index (κ3) is 2.23. The van der Waals surface area contributed by atoms with E-state index in [0.29, 0.717) is 16.3 Å². The summed E-state index contributed by atoms with van der Waals surface area (Å²) in [4.78, 5) is 12.5. The number of carbonyl (C=O) groups excluding carboxylic acids is 1. The normalized spacial score (nSPS) is 10.9. The van der Waals surface area contributed by atoms with E-state index in [1.807, 2.05) is 44.2 Å². The van der Waals surface area contributed by atoms with Gasteiger partial charge in [-0.05, 0) is 49.2 Å². The van der Waals surface area contributed by atoms with Gasteiger partial charge in [0, 0.05) is 16.0 Å². The zero-order valence-corrected chi connectivity index (χ0v) is 12.0. The number of fused-ring (bicyclic) bond motifs is 1. The van der Waals surface area contributed by atoms with Crippen molar-refractivity contribution >= 4 is 28.4 Å². The molecule has 0 spiro atoms. The first-order valence-corrected chi connectivity index (χ1v) is 6.73. The topological polar surface area (TPSA) is 30.2 Å². The number of carbonyl (C=O) groups is 1. The fraction of sp³-hybridized carbons (Fsp3) is 0.118. The molecule has 0 fully saturated rings. The van der Waals surface area contributed by atoms with Gasteiger partial charge in [0.05, 0.1) is 0 Å². The van der Waals surface area contributed by atoms with Gasteiger partial charge in [0.1, 0.15) is 5.58 Å². The first-order chi connectivity index (χ1) is 9.54. The minimum atomic E-state index is -0.147. The first-order valence-electron chi connectivity index (χ1n) is 6.35. The molecule has 0 unspecified atom stereocenters. The van der Waals surface area contributed by atoms with Gasteiger partial charge in [0.25, 0.3) is 0 Å². The molecule has 0 radical (unpaired) electrons. The Bertz CT molecular complexity index is 795. The number of furan rings is 1. The number of hydrogen-bond acceptors (Lipinski definition) is 2. The van der Waals surface area contributed by atoms with E-state index in [9.17, 15) is 4.79 Å². The molecule has 20 heavy (non-hydrogen) atoms. The molecule has 0 saturated heterocycles. The predicted molar refractivity (Wildman–Crippen MR) is 80.6 cm³/mol. The van der Waals surface area contributed by atoms with Crippen LogP contribution in [0.25, 0.3) is 11.0 Å². The quantitative estimate of drug-likeness (QED) is 0.624. The Morgan fingerprint density at radius 1 is 1.10 bits per heavy atom. The van der Waals surface area contributed by atoms with E-state index in [1.165, 1.54) is 0 Å². The van der Waals surface area contributed by atoms with Crippen molar-refractivity contribution in [1.82, 2.24) is 0 Å². The lowest BCUT2D eigenvalue weighted by atomic mass is 10.1. The van der Waals surface area contributed by atoms with Gasteiger partial charge in [-0.1, -0.05) is 29.8 Å². The predicted octanol–water partition coefficient (Wildman–Crippen LogP) is 4.93. The first kappa shape index (κ1) is 12.9. The van der Waals surface area contributed by atoms with Crippen LogP contribution in [-0.4, -0.2) is 5.78 Å². The SMILES string of the molecule is Cc1cc(Cl)cc(C(=O)c2cc3cccc(C)c3o2)c1. The number of aryl methyl sites for hydroxylation is 2. The van der Waals surface area contributed by atoms with Gasteiger partial charge in [-0.15, -0.1) is 0 Å². The van der Waals surface area contributed by atoms with Gasteiger partial charge in [-0.3, -0.25) is 4.79 Å². The van der Waals surface area contributed by atoms with Gasteiger partial charge in [0.2, 0.25) is 5.78 Å². The van der Waals surface area contributed by atoms with Crippen LogP contribution in [0.3, 0.4) is 0 Å². The van der Waals surface area contributed by atoms with Crippen LogP contribution in [0.2, 0.25) is 5.02 Å². The highest BCUT2D eigenvalue weighted by Crippen LogP contribution is 2.25. The van der Waals surface area contributed by atoms with Crippen molar-refractivity contribution in [1.29, 1.82) is 0 Å². The fourth-order valence-electron chi connectivity index (χ4n) is 2.33. The number of benzene rings is 2. The van der Waals surface area contributed by atoms with Crippen LogP contribution in [0.4, 0.5) is 0 Å². The fourth-order valence-corrected chi connectivity index (χ4v) is 2.62. The molecule has 3 rings (SSSR count). The summed E-state index contributed by atoms with van der Waals surface area (Å²) < 4.78 is 5.70. The highest BCUT2D eigenvalue weighted by atomic mass is 35.5. The molecule has 1 aromatic heterocycles. The van der Waals surface area contributed by atoms with Gasteiger partial charge in [-0.25, -0.2) is 0 Å². The van der Waals surface area contributed by atoms with E-state index in [4.69, 9.17) is 16.0 Å². The van der Waals surface area contributed by atoms with Gasteiger partial charge in [0.15, 0.2) is 5.76 Å². The molecule has 0 aliphatic carbocycles. The van der Waals surface area contributed by atoms with Crippen LogP contribution < -0.4 is 0 Å². The maximum atomic E-state index is 12.5. The zero-order chi connectivity index (χ0) is 14.3. The molecule has 3 heteroatoms. The van der Waals surface area contributed by atoms with E-state index < -0.39 is 0 Å². The molecule has 0 aliphatic rings. The van der Waals surface area contributed by atoms with E-state index in [1.54, 1.807) is 12.1 Å². The molecule has 0 N–H and O–H groups in total. The van der Waals surface area contributed by atoms with Crippen LogP contribution in [0.5, 0.6) is 0 Å². The summed E-state index contributed by atoms with van der Waals surface area (Å²) in [7, 11) is 0. The highest BCUT2D eigenvalue weighted by molar-refractivity contribution is 6.31. The molecule has 0 bridgehead atoms. The molecule has 0 saturated carbocycles. The van der Waals surface area contributed by atoms with Crippen LogP contribution >= 0.6 is 11.6 Å². The summed E-state index contributed by atoms with van der Waals surface area (Å²) in [5, 5.41) is 1.49. The number of ketones is 1. The van der Waals surface area contributed by atoms with Gasteiger partial charge in [-0.2, -0.15) is 0 Å². The van der Waals surface area contributed by atoms with Crippen molar-refractivity contribution in [2.75, 3.05) is 0 Å². The second-order valence-corrected chi connectivity index (χ2v) is 5.39. The second kappa shape index (κ2) is 4.80. The number of halogens is 1. The molecule has 100 valence electrons. The van der Waals surface area contributed by atoms with E-state index in [2.05, 4.69) is 0 Å². The second-order valence-electron chi connectivity index (χ2n) is 4.95. The number of hydrogen-bond donors (Lipinski definition) is 0. The standard InChI is InChI=1S/C17H13ClO2/c1-10-6-13(8-14(18)7-10)16(19)15-9-12-5-3-4-11(2)17(12)20-15/h3-9H,1-2H3. The average molecular weight is 285 g/mol. The summed E-state index contributed by atoms with van der Waals surface area (Å²) in [6.07, 6.45) is 0. The Morgan fingerprint density at radius 2 is 1.90 bits per heavy atom. The average Bonchev–Trinajstić information content (AvgIpc) is 2.82. The molecular formula is C17H13ClO2. The molecule has 2 nitrogen and oxygen atoms in total. The summed E-state index contributed by atoms with van der Waals surface area (Å²) in [5.41, 5.74) is 3.28. The monoisotopic (exact) mass is 284 g/mol. The maximum Gasteiger partial charge on any atom is 0.228 e. The van der Waals surface area contributed by atoms with Gasteiger partial charge < -0.3 is 4.42 Å². The Kier molecular flexibility index (Phi) is 3.11. The summed E-state index contributed by atoms with van der Waals surface area (Å²) in [6, 6.07) is 12.9. The number of para-hydroxylation sites is 1. The third-order valence-electron chi connectivity index (χ3n) is 3.27. The van der Waals surface area contributed by atoms with Crippen molar-refractivity contribution in [2.24, 2.45) is 0 Å². The Balaban J connectivity index is 2.10. The van der Waals surface area contributed by atoms with Crippen molar-refractivity contribution in [3.8, 4) is 0 Å². The molecule has 0 aliphatic heterocycles. The molecule has 2 aromatic carbocycles. The van der Waals surface area contributed by atoms with E-state index >= 15 is 0 Å². The summed E-state index contributed by atoms with van der Waals surface area (Å²) in [5.74, 6) is 0.196. The van der Waals surface area contributed by atoms with Crippen LogP contribution in [0, 0.1) is 13.8 Å². The van der Waals surface area contributed by atoms with E-state index in [-0.39, 0.29) is 5.78 Å². The van der Waals surface area contributed by atoms with Crippen molar-refractivity contribution < 1.29 is 9.21 Å². The smallest absolute Gasteiger partial charge is 0.228 e. The molecule has 1 heterocycles. The Labute approximate surface area is 122 Å². The van der Waals surface area contributed by atoms with Crippen molar-refractivity contribution in [3.63, 3.8) is 0 Å². The van der Waals surface area contributed by atoms with Crippen LogP contribution in [0.1, 0.15) is 27.2 Å². The largest absolute Gasteiger partial charge is 0.452 e. The minimum Gasteiger partial charge on any atom is -0.452 e. The lowest BCUT2D eigenvalue weighted by Crippen LogP contribution is -1.99. The van der Waals surface area contributed by atoms with Gasteiger partial charge >= 0.3 is 0 Å². The van der Waals surface area contributed by atoms with Crippen molar-refractivity contribution in [3.05, 3.63) is 69.9 Å².